The summed E-state index contributed by atoms with van der Waals surface area (Å²) in [5.41, 5.74) is 6.93. The van der Waals surface area contributed by atoms with Gasteiger partial charge in [-0.2, -0.15) is 18.6 Å². The topological polar surface area (TPSA) is 105 Å². The third-order valence-electron chi connectivity index (χ3n) is 2.42. The zero-order valence-electron chi connectivity index (χ0n) is 10.4. The summed E-state index contributed by atoms with van der Waals surface area (Å²) in [4.78, 5) is -0.558. The highest BCUT2D eigenvalue weighted by Gasteiger charge is 2.19. The Kier molecular flexibility index (Phi) is 4.48. The number of anilines is 1. The molecule has 0 radical (unpaired) electrons. The normalized spacial score (nSPS) is 12.0. The quantitative estimate of drug-likeness (QED) is 0.493. The van der Waals surface area contributed by atoms with E-state index in [0.29, 0.717) is 11.4 Å². The van der Waals surface area contributed by atoms with Crippen LogP contribution in [-0.2, 0) is 10.1 Å². The number of halogens is 2. The van der Waals surface area contributed by atoms with Gasteiger partial charge >= 0.3 is 0 Å². The molecule has 0 fully saturated rings. The smallest absolute Gasteiger partial charge is 0.297 e. The monoisotopic (exact) mass is 345 g/mol. The number of hydrogen-bond donors (Lipinski definition) is 2. The molecule has 0 aromatic heterocycles. The van der Waals surface area contributed by atoms with Gasteiger partial charge in [0.2, 0.25) is 0 Å². The van der Waals surface area contributed by atoms with E-state index >= 15 is 0 Å². The van der Waals surface area contributed by atoms with Gasteiger partial charge in [-0.15, -0.1) is 0 Å². The van der Waals surface area contributed by atoms with Gasteiger partial charge in [0.05, 0.1) is 21.4 Å². The number of nitrogens with two attached hydrogens (primary N) is 1. The molecule has 0 spiro atoms. The Bertz CT molecular complexity index is 782. The van der Waals surface area contributed by atoms with E-state index in [1.54, 1.807) is 24.3 Å². The van der Waals surface area contributed by atoms with Crippen molar-refractivity contribution in [2.75, 3.05) is 5.73 Å². The molecular weight excluding hydrogens is 337 g/mol. The molecule has 0 saturated heterocycles. The van der Waals surface area contributed by atoms with Crippen molar-refractivity contribution in [1.82, 2.24) is 0 Å². The van der Waals surface area contributed by atoms with Crippen molar-refractivity contribution in [2.24, 2.45) is 10.2 Å². The SMILES string of the molecule is Nc1ccc(N=Nc2cc(Cl)c(S(=O)(=O)O)c(Cl)c2)cc1. The van der Waals surface area contributed by atoms with E-state index in [9.17, 15) is 8.42 Å². The van der Waals surface area contributed by atoms with Crippen molar-refractivity contribution in [3.05, 3.63) is 46.4 Å². The Morgan fingerprint density at radius 1 is 0.952 bits per heavy atom. The van der Waals surface area contributed by atoms with Crippen molar-refractivity contribution < 1.29 is 13.0 Å². The largest absolute Gasteiger partial charge is 0.399 e. The van der Waals surface area contributed by atoms with Gasteiger partial charge in [-0.25, -0.2) is 0 Å². The summed E-state index contributed by atoms with van der Waals surface area (Å²) in [6, 6.07) is 9.11. The van der Waals surface area contributed by atoms with Crippen LogP contribution in [0.5, 0.6) is 0 Å². The van der Waals surface area contributed by atoms with E-state index in [2.05, 4.69) is 10.2 Å². The molecule has 3 N–H and O–H groups in total. The van der Waals surface area contributed by atoms with Crippen LogP contribution in [0, 0.1) is 0 Å². The van der Waals surface area contributed by atoms with E-state index in [1.807, 2.05) is 0 Å². The third-order valence-corrected chi connectivity index (χ3v) is 4.19. The van der Waals surface area contributed by atoms with Gasteiger partial charge in [0.25, 0.3) is 10.1 Å². The Hall–Kier alpha value is -1.67. The van der Waals surface area contributed by atoms with E-state index in [1.165, 1.54) is 12.1 Å². The van der Waals surface area contributed by atoms with Crippen molar-refractivity contribution in [2.45, 2.75) is 4.90 Å². The highest BCUT2D eigenvalue weighted by Crippen LogP contribution is 2.34. The molecule has 0 aliphatic carbocycles. The van der Waals surface area contributed by atoms with Crippen LogP contribution in [0.1, 0.15) is 0 Å². The molecule has 0 unspecified atom stereocenters. The van der Waals surface area contributed by atoms with Crippen molar-refractivity contribution >= 4 is 50.4 Å². The minimum absolute atomic E-state index is 0.240. The summed E-state index contributed by atoms with van der Waals surface area (Å²) in [5.74, 6) is 0. The van der Waals surface area contributed by atoms with Crippen LogP contribution in [0.25, 0.3) is 0 Å². The van der Waals surface area contributed by atoms with Gasteiger partial charge in [0.1, 0.15) is 4.90 Å². The van der Waals surface area contributed by atoms with Gasteiger partial charge < -0.3 is 5.73 Å². The average Bonchev–Trinajstić information content (AvgIpc) is 2.35. The van der Waals surface area contributed by atoms with Crippen LogP contribution in [0.4, 0.5) is 17.1 Å². The molecule has 0 bridgehead atoms. The van der Waals surface area contributed by atoms with Crippen molar-refractivity contribution in [3.8, 4) is 0 Å². The lowest BCUT2D eigenvalue weighted by atomic mass is 10.3. The maximum atomic E-state index is 11.1. The van der Waals surface area contributed by atoms with Gasteiger partial charge in [-0.1, -0.05) is 23.2 Å². The molecule has 110 valence electrons. The first-order valence-corrected chi connectivity index (χ1v) is 7.71. The molecule has 2 aromatic rings. The maximum absolute atomic E-state index is 11.1. The summed E-state index contributed by atoms with van der Waals surface area (Å²) >= 11 is 11.6. The minimum atomic E-state index is -4.50. The highest BCUT2D eigenvalue weighted by molar-refractivity contribution is 7.86. The summed E-state index contributed by atoms with van der Waals surface area (Å²) < 4.78 is 31.2. The highest BCUT2D eigenvalue weighted by atomic mass is 35.5. The third kappa shape index (κ3) is 3.92. The molecule has 0 aliphatic heterocycles. The van der Waals surface area contributed by atoms with E-state index in [-0.39, 0.29) is 15.7 Å². The number of rotatable bonds is 3. The van der Waals surface area contributed by atoms with Crippen LogP contribution < -0.4 is 5.73 Å². The molecule has 0 aliphatic rings. The molecule has 0 atom stereocenters. The zero-order chi connectivity index (χ0) is 15.6. The molecule has 6 nitrogen and oxygen atoms in total. The molecule has 0 saturated carbocycles. The second-order valence-corrected chi connectivity index (χ2v) is 6.18. The average molecular weight is 346 g/mol. The van der Waals surface area contributed by atoms with Crippen LogP contribution in [-0.4, -0.2) is 13.0 Å². The fourth-order valence-corrected chi connectivity index (χ4v) is 3.18. The predicted octanol–water partition coefficient (Wildman–Crippen LogP) is 4.24. The summed E-state index contributed by atoms with van der Waals surface area (Å²) in [7, 11) is -4.50. The van der Waals surface area contributed by atoms with Crippen LogP contribution in [0.15, 0.2) is 51.5 Å². The summed E-state index contributed by atoms with van der Waals surface area (Å²) in [5, 5.41) is 7.34. The summed E-state index contributed by atoms with van der Waals surface area (Å²) in [6.07, 6.45) is 0. The standard InChI is InChI=1S/C12H9Cl2N3O3S/c13-10-5-9(6-11(14)12(10)21(18,19)20)17-16-8-3-1-7(15)2-4-8/h1-6H,15H2,(H,18,19,20). The molecule has 0 heterocycles. The Balaban J connectivity index is 2.36. The predicted molar refractivity (Wildman–Crippen MR) is 81.3 cm³/mol. The second-order valence-electron chi connectivity index (χ2n) is 4.01. The fraction of sp³-hybridized carbons (Fsp3) is 0. The van der Waals surface area contributed by atoms with Crippen molar-refractivity contribution in [3.63, 3.8) is 0 Å². The molecule has 9 heteroatoms. The van der Waals surface area contributed by atoms with E-state index in [4.69, 9.17) is 33.5 Å². The lowest BCUT2D eigenvalue weighted by Gasteiger charge is -2.04. The maximum Gasteiger partial charge on any atom is 0.297 e. The minimum Gasteiger partial charge on any atom is -0.399 e. The van der Waals surface area contributed by atoms with E-state index in [0.717, 1.165) is 0 Å². The number of hydrogen-bond acceptors (Lipinski definition) is 5. The number of azo groups is 1. The molecule has 0 amide bonds. The molecular formula is C12H9Cl2N3O3S. The Morgan fingerprint density at radius 2 is 1.43 bits per heavy atom. The number of nitrogens with zero attached hydrogens (tertiary/aromatic N) is 2. The van der Waals surface area contributed by atoms with Crippen LogP contribution in [0.3, 0.4) is 0 Å². The number of benzene rings is 2. The lowest BCUT2D eigenvalue weighted by Crippen LogP contribution is -1.99. The molecule has 2 rings (SSSR count). The Morgan fingerprint density at radius 3 is 1.90 bits per heavy atom. The van der Waals surface area contributed by atoms with Crippen LogP contribution >= 0.6 is 23.2 Å². The van der Waals surface area contributed by atoms with Gasteiger partial charge in [-0.3, -0.25) is 4.55 Å². The summed E-state index contributed by atoms with van der Waals surface area (Å²) in [6.45, 7) is 0. The van der Waals surface area contributed by atoms with E-state index < -0.39 is 15.0 Å². The van der Waals surface area contributed by atoms with Crippen molar-refractivity contribution in [1.29, 1.82) is 0 Å². The molecule has 2 aromatic carbocycles. The van der Waals surface area contributed by atoms with Gasteiger partial charge in [0, 0.05) is 5.69 Å². The Labute approximate surface area is 131 Å². The first kappa shape index (κ1) is 15.7. The first-order chi connectivity index (χ1) is 9.77. The zero-order valence-corrected chi connectivity index (χ0v) is 12.7. The second kappa shape index (κ2) is 5.98. The molecule has 21 heavy (non-hydrogen) atoms. The number of nitrogen functional groups attached to an aromatic ring is 1. The van der Waals surface area contributed by atoms with Gasteiger partial charge in [0.15, 0.2) is 0 Å². The fourth-order valence-electron chi connectivity index (χ4n) is 1.51. The van der Waals surface area contributed by atoms with Gasteiger partial charge in [-0.05, 0) is 36.4 Å². The van der Waals surface area contributed by atoms with Crippen LogP contribution in [0.2, 0.25) is 10.0 Å². The first-order valence-electron chi connectivity index (χ1n) is 5.51. The lowest BCUT2D eigenvalue weighted by molar-refractivity contribution is 0.483.